The van der Waals surface area contributed by atoms with Crippen molar-refractivity contribution in [3.63, 3.8) is 0 Å². The molecular formula is C17H20N2O3. The maximum Gasteiger partial charge on any atom is 0.257 e. The molecule has 22 heavy (non-hydrogen) atoms. The van der Waals surface area contributed by atoms with Gasteiger partial charge >= 0.3 is 0 Å². The zero-order valence-electron chi connectivity index (χ0n) is 12.9. The molecule has 0 bridgehead atoms. The van der Waals surface area contributed by atoms with Crippen molar-refractivity contribution in [3.8, 4) is 0 Å². The van der Waals surface area contributed by atoms with E-state index in [4.69, 9.17) is 9.15 Å². The van der Waals surface area contributed by atoms with E-state index in [-0.39, 0.29) is 18.1 Å². The Bertz CT molecular complexity index is 638. The highest BCUT2D eigenvalue weighted by Crippen LogP contribution is 2.26. The molecule has 3 rings (SSSR count). The Hall–Kier alpha value is -2.14. The Morgan fingerprint density at radius 2 is 2.36 bits per heavy atom. The monoisotopic (exact) mass is 300 g/mol. The first-order chi connectivity index (χ1) is 10.7. The minimum Gasteiger partial charge on any atom is -0.469 e. The maximum absolute atomic E-state index is 12.8. The number of aryl methyl sites for hydroxylation is 1. The van der Waals surface area contributed by atoms with Crippen molar-refractivity contribution in [3.05, 3.63) is 53.7 Å². The number of likely N-dealkylation sites (tertiary alicyclic amines) is 1. The van der Waals surface area contributed by atoms with Gasteiger partial charge in [0.2, 0.25) is 0 Å². The molecule has 2 aromatic heterocycles. The van der Waals surface area contributed by atoms with Crippen LogP contribution in [-0.4, -0.2) is 41.6 Å². The Labute approximate surface area is 129 Å². The highest BCUT2D eigenvalue weighted by molar-refractivity contribution is 5.95. The van der Waals surface area contributed by atoms with Gasteiger partial charge in [-0.25, -0.2) is 0 Å². The Balaban J connectivity index is 1.83. The highest BCUT2D eigenvalue weighted by Gasteiger charge is 2.38. The molecule has 2 atom stereocenters. The average molecular weight is 300 g/mol. The van der Waals surface area contributed by atoms with Crippen LogP contribution in [0.3, 0.4) is 0 Å². The van der Waals surface area contributed by atoms with E-state index in [1.807, 2.05) is 30.2 Å². The summed E-state index contributed by atoms with van der Waals surface area (Å²) >= 11 is 0. The number of hydrogen-bond acceptors (Lipinski definition) is 4. The van der Waals surface area contributed by atoms with Crippen LogP contribution in [0.25, 0.3) is 0 Å². The molecular weight excluding hydrogens is 280 g/mol. The number of pyridine rings is 1. The van der Waals surface area contributed by atoms with Gasteiger partial charge in [0, 0.05) is 26.0 Å². The smallest absolute Gasteiger partial charge is 0.257 e. The summed E-state index contributed by atoms with van der Waals surface area (Å²) in [4.78, 5) is 18.8. The standard InChI is InChI=1S/C17H20N2O3/c1-12-14(6-9-22-12)17(20)19-8-5-16(21-2)15(19)10-13-4-3-7-18-11-13/h3-4,6-7,9,11,15-16H,5,8,10H2,1-2H3/t15-,16-/m0/s1. The van der Waals surface area contributed by atoms with E-state index in [0.29, 0.717) is 17.9 Å². The summed E-state index contributed by atoms with van der Waals surface area (Å²) in [7, 11) is 1.71. The highest BCUT2D eigenvalue weighted by atomic mass is 16.5. The minimum atomic E-state index is 0.0136. The number of furan rings is 1. The van der Waals surface area contributed by atoms with Crippen LogP contribution in [-0.2, 0) is 11.2 Å². The van der Waals surface area contributed by atoms with E-state index in [1.54, 1.807) is 25.6 Å². The van der Waals surface area contributed by atoms with Gasteiger partial charge in [-0.05, 0) is 37.5 Å². The molecule has 5 heteroatoms. The van der Waals surface area contributed by atoms with Crippen LogP contribution in [0, 0.1) is 6.92 Å². The second-order valence-electron chi connectivity index (χ2n) is 5.58. The number of ether oxygens (including phenoxy) is 1. The second kappa shape index (κ2) is 6.32. The lowest BCUT2D eigenvalue weighted by Crippen LogP contribution is -2.41. The molecule has 0 radical (unpaired) electrons. The summed E-state index contributed by atoms with van der Waals surface area (Å²) in [6, 6.07) is 5.71. The summed E-state index contributed by atoms with van der Waals surface area (Å²) in [6.07, 6.45) is 6.80. The lowest BCUT2D eigenvalue weighted by atomic mass is 10.0. The molecule has 0 unspecified atom stereocenters. The number of nitrogens with zero attached hydrogens (tertiary/aromatic N) is 2. The number of carbonyl (C=O) groups excluding carboxylic acids is 1. The predicted octanol–water partition coefficient (Wildman–Crippen LogP) is 2.46. The van der Waals surface area contributed by atoms with Gasteiger partial charge in [0.05, 0.1) is 24.0 Å². The van der Waals surface area contributed by atoms with Gasteiger partial charge in [-0.3, -0.25) is 9.78 Å². The summed E-state index contributed by atoms with van der Waals surface area (Å²) in [5.74, 6) is 0.672. The zero-order chi connectivity index (χ0) is 15.5. The third kappa shape index (κ3) is 2.76. The quantitative estimate of drug-likeness (QED) is 0.870. The van der Waals surface area contributed by atoms with Gasteiger partial charge < -0.3 is 14.1 Å². The molecule has 1 saturated heterocycles. The summed E-state index contributed by atoms with van der Waals surface area (Å²) in [6.45, 7) is 2.51. The van der Waals surface area contributed by atoms with Crippen molar-refractivity contribution in [2.75, 3.05) is 13.7 Å². The van der Waals surface area contributed by atoms with Crippen molar-refractivity contribution in [2.24, 2.45) is 0 Å². The molecule has 0 aliphatic carbocycles. The minimum absolute atomic E-state index is 0.0136. The van der Waals surface area contributed by atoms with Gasteiger partial charge in [0.15, 0.2) is 0 Å². The molecule has 1 amide bonds. The lowest BCUT2D eigenvalue weighted by Gasteiger charge is -2.27. The van der Waals surface area contributed by atoms with Crippen molar-refractivity contribution < 1.29 is 13.9 Å². The number of amides is 1. The normalized spacial score (nSPS) is 21.3. The summed E-state index contributed by atoms with van der Waals surface area (Å²) < 4.78 is 10.8. The average Bonchev–Trinajstić information content (AvgIpc) is 3.14. The van der Waals surface area contributed by atoms with E-state index < -0.39 is 0 Å². The molecule has 0 saturated carbocycles. The molecule has 0 spiro atoms. The largest absolute Gasteiger partial charge is 0.469 e. The van der Waals surface area contributed by atoms with Gasteiger partial charge in [-0.15, -0.1) is 0 Å². The van der Waals surface area contributed by atoms with Crippen LogP contribution in [0.1, 0.15) is 28.1 Å². The molecule has 3 heterocycles. The van der Waals surface area contributed by atoms with Crippen LogP contribution in [0.2, 0.25) is 0 Å². The van der Waals surface area contributed by atoms with Gasteiger partial charge in [-0.2, -0.15) is 0 Å². The number of methoxy groups -OCH3 is 1. The Morgan fingerprint density at radius 1 is 1.50 bits per heavy atom. The molecule has 1 aliphatic rings. The third-order valence-electron chi connectivity index (χ3n) is 4.30. The van der Waals surface area contributed by atoms with Gasteiger partial charge in [-0.1, -0.05) is 6.07 Å². The fraction of sp³-hybridized carbons (Fsp3) is 0.412. The van der Waals surface area contributed by atoms with Crippen LogP contribution in [0.4, 0.5) is 0 Å². The van der Waals surface area contributed by atoms with Crippen LogP contribution < -0.4 is 0 Å². The van der Waals surface area contributed by atoms with E-state index in [1.165, 1.54) is 0 Å². The maximum atomic E-state index is 12.8. The fourth-order valence-electron chi connectivity index (χ4n) is 3.12. The molecule has 1 fully saturated rings. The molecule has 0 N–H and O–H groups in total. The second-order valence-corrected chi connectivity index (χ2v) is 5.58. The molecule has 5 nitrogen and oxygen atoms in total. The Kier molecular flexibility index (Phi) is 4.24. The summed E-state index contributed by atoms with van der Waals surface area (Å²) in [5.41, 5.74) is 1.74. The van der Waals surface area contributed by atoms with Crippen molar-refractivity contribution in [1.82, 2.24) is 9.88 Å². The molecule has 0 aromatic carbocycles. The first-order valence-corrected chi connectivity index (χ1v) is 7.47. The zero-order valence-corrected chi connectivity index (χ0v) is 12.9. The first-order valence-electron chi connectivity index (χ1n) is 7.47. The number of aromatic nitrogens is 1. The van der Waals surface area contributed by atoms with Crippen molar-refractivity contribution >= 4 is 5.91 Å². The Morgan fingerprint density at radius 3 is 3.00 bits per heavy atom. The topological polar surface area (TPSA) is 55.6 Å². The van der Waals surface area contributed by atoms with E-state index >= 15 is 0 Å². The molecule has 116 valence electrons. The SMILES string of the molecule is CO[C@H]1CCN(C(=O)c2ccoc2C)[C@H]1Cc1cccnc1. The van der Waals surface area contributed by atoms with Gasteiger partial charge in [0.1, 0.15) is 5.76 Å². The third-order valence-corrected chi connectivity index (χ3v) is 4.30. The van der Waals surface area contributed by atoms with Crippen molar-refractivity contribution in [1.29, 1.82) is 0 Å². The fourth-order valence-corrected chi connectivity index (χ4v) is 3.12. The van der Waals surface area contributed by atoms with E-state index in [0.717, 1.165) is 18.4 Å². The summed E-state index contributed by atoms with van der Waals surface area (Å²) in [5, 5.41) is 0. The van der Waals surface area contributed by atoms with Crippen LogP contribution in [0.15, 0.2) is 41.3 Å². The molecule has 2 aromatic rings. The first kappa shape index (κ1) is 14.8. The van der Waals surface area contributed by atoms with Crippen LogP contribution in [0.5, 0.6) is 0 Å². The number of rotatable bonds is 4. The van der Waals surface area contributed by atoms with Gasteiger partial charge in [0.25, 0.3) is 5.91 Å². The van der Waals surface area contributed by atoms with E-state index in [9.17, 15) is 4.79 Å². The number of hydrogen-bond donors (Lipinski definition) is 0. The number of carbonyl (C=O) groups is 1. The van der Waals surface area contributed by atoms with E-state index in [2.05, 4.69) is 4.98 Å². The lowest BCUT2D eigenvalue weighted by molar-refractivity contribution is 0.0507. The van der Waals surface area contributed by atoms with Crippen molar-refractivity contribution in [2.45, 2.75) is 31.9 Å². The van der Waals surface area contributed by atoms with Crippen LogP contribution >= 0.6 is 0 Å². The predicted molar refractivity (Wildman–Crippen MR) is 81.6 cm³/mol. The molecule has 1 aliphatic heterocycles.